The zero-order valence-corrected chi connectivity index (χ0v) is 32.3. The van der Waals surface area contributed by atoms with Crippen LogP contribution in [0.5, 0.6) is 0 Å². The number of nitrogens with one attached hydrogen (secondary N) is 5. The molecule has 0 unspecified atom stereocenters. The van der Waals surface area contributed by atoms with Crippen LogP contribution in [0.15, 0.2) is 121 Å². The number of benzene rings is 4. The van der Waals surface area contributed by atoms with Gasteiger partial charge in [0.15, 0.2) is 0 Å². The first-order valence-corrected chi connectivity index (χ1v) is 18.7. The second-order valence-electron chi connectivity index (χ2n) is 15.1. The highest BCUT2D eigenvalue weighted by molar-refractivity contribution is 5.91. The van der Waals surface area contributed by atoms with Crippen LogP contribution in [0, 0.1) is 11.3 Å². The van der Waals surface area contributed by atoms with Crippen molar-refractivity contribution in [1.82, 2.24) is 26.6 Å². The van der Waals surface area contributed by atoms with E-state index in [4.69, 9.17) is 4.74 Å². The van der Waals surface area contributed by atoms with Crippen molar-refractivity contribution >= 4 is 23.8 Å². The van der Waals surface area contributed by atoms with Gasteiger partial charge in [0.2, 0.25) is 17.7 Å². The minimum absolute atomic E-state index is 0.0199. The first-order valence-electron chi connectivity index (χ1n) is 18.7. The number of carbonyl (C=O) groups excluding carboxylic acids is 4. The smallest absolute Gasteiger partial charge is 0.408 e. The van der Waals surface area contributed by atoms with Crippen molar-refractivity contribution in [3.05, 3.63) is 144 Å². The summed E-state index contributed by atoms with van der Waals surface area (Å²) in [5.74, 6) is -1.83. The van der Waals surface area contributed by atoms with Gasteiger partial charge in [-0.25, -0.2) is 4.79 Å². The van der Waals surface area contributed by atoms with Crippen molar-refractivity contribution in [3.8, 4) is 0 Å². The molecule has 11 heteroatoms. The third kappa shape index (κ3) is 13.7. The van der Waals surface area contributed by atoms with Crippen LogP contribution in [0.25, 0.3) is 0 Å². The van der Waals surface area contributed by atoms with Gasteiger partial charge in [-0.2, -0.15) is 0 Å². The largest absolute Gasteiger partial charge is 0.445 e. The summed E-state index contributed by atoms with van der Waals surface area (Å²) in [4.78, 5) is 54.9. The van der Waals surface area contributed by atoms with Crippen LogP contribution in [0.4, 0.5) is 4.79 Å². The highest BCUT2D eigenvalue weighted by Gasteiger charge is 2.39. The lowest BCUT2D eigenvalue weighted by molar-refractivity contribution is -0.134. The van der Waals surface area contributed by atoms with Crippen molar-refractivity contribution in [1.29, 1.82) is 0 Å². The van der Waals surface area contributed by atoms with E-state index in [1.54, 1.807) is 0 Å². The number of amides is 4. The second-order valence-corrected chi connectivity index (χ2v) is 15.1. The Morgan fingerprint density at radius 1 is 0.600 bits per heavy atom. The molecule has 0 spiro atoms. The Balaban J connectivity index is 1.59. The normalized spacial score (nSPS) is 14.1. The third-order valence-electron chi connectivity index (χ3n) is 9.19. The fourth-order valence-electron chi connectivity index (χ4n) is 6.05. The van der Waals surface area contributed by atoms with Crippen LogP contribution in [0.2, 0.25) is 0 Å². The average molecular weight is 750 g/mol. The molecule has 6 N–H and O–H groups in total. The van der Waals surface area contributed by atoms with Gasteiger partial charge in [0.25, 0.3) is 0 Å². The van der Waals surface area contributed by atoms with E-state index >= 15 is 0 Å². The van der Waals surface area contributed by atoms with Crippen molar-refractivity contribution in [2.75, 3.05) is 0 Å². The fourth-order valence-corrected chi connectivity index (χ4v) is 6.05. The lowest BCUT2D eigenvalue weighted by atomic mass is 9.85. The van der Waals surface area contributed by atoms with Crippen molar-refractivity contribution in [2.24, 2.45) is 11.3 Å². The van der Waals surface area contributed by atoms with Gasteiger partial charge in [0.05, 0.1) is 12.1 Å². The van der Waals surface area contributed by atoms with E-state index in [0.717, 1.165) is 22.3 Å². The summed E-state index contributed by atoms with van der Waals surface area (Å²) >= 11 is 0. The van der Waals surface area contributed by atoms with Crippen molar-refractivity contribution in [2.45, 2.75) is 91.0 Å². The highest BCUT2D eigenvalue weighted by Crippen LogP contribution is 2.21. The number of rotatable bonds is 18. The maximum Gasteiger partial charge on any atom is 0.408 e. The summed E-state index contributed by atoms with van der Waals surface area (Å²) < 4.78 is 5.44. The molecule has 0 radical (unpaired) electrons. The number of alkyl carbamates (subject to hydrolysis) is 1. The molecule has 5 atom stereocenters. The minimum Gasteiger partial charge on any atom is -0.445 e. The molecule has 4 aromatic carbocycles. The molecule has 0 aliphatic rings. The second kappa shape index (κ2) is 20.8. The molecule has 0 aliphatic heterocycles. The van der Waals surface area contributed by atoms with Crippen LogP contribution in [-0.2, 0) is 45.2 Å². The van der Waals surface area contributed by atoms with Gasteiger partial charge in [0, 0.05) is 13.1 Å². The van der Waals surface area contributed by atoms with E-state index in [1.165, 1.54) is 0 Å². The molecule has 4 amide bonds. The molecular formula is C44H55N5O6. The Labute approximate surface area is 324 Å². The van der Waals surface area contributed by atoms with E-state index < -0.39 is 53.6 Å². The van der Waals surface area contributed by atoms with Gasteiger partial charge in [-0.05, 0) is 40.0 Å². The zero-order valence-electron chi connectivity index (χ0n) is 32.3. The molecule has 11 nitrogen and oxygen atoms in total. The lowest BCUT2D eigenvalue weighted by Crippen LogP contribution is -2.63. The summed E-state index contributed by atoms with van der Waals surface area (Å²) in [5.41, 5.74) is 2.61. The van der Waals surface area contributed by atoms with E-state index in [9.17, 15) is 24.3 Å². The van der Waals surface area contributed by atoms with Crippen LogP contribution in [0.3, 0.4) is 0 Å². The van der Waals surface area contributed by atoms with Gasteiger partial charge in [0.1, 0.15) is 24.7 Å². The monoisotopic (exact) mass is 749 g/mol. The zero-order chi connectivity index (χ0) is 39.8. The molecule has 55 heavy (non-hydrogen) atoms. The van der Waals surface area contributed by atoms with E-state index in [-0.39, 0.29) is 37.9 Å². The Bertz CT molecular complexity index is 1790. The standard InChI is InChI=1S/C44H55N5O6/c1-30(2)36(40(51)46-28-33-22-14-8-15-23-33)48-41(52)37(45-27-32-20-12-7-13-21-32)38(50)35(26-31-18-10-6-11-19-31)47-42(53)39(44(3,4)5)49-43(54)55-29-34-24-16-9-17-25-34/h6-25,30,35-39,45,50H,26-29H2,1-5H3,(H,46,51)(H,47,53)(H,48,52)(H,49,54)/t35-,36-,37+,38+,39+/m0/s1. The Kier molecular flexibility index (Phi) is 16.0. The lowest BCUT2D eigenvalue weighted by Gasteiger charge is -2.35. The number of aliphatic hydroxyl groups excluding tert-OH is 1. The van der Waals surface area contributed by atoms with Crippen LogP contribution < -0.4 is 26.6 Å². The molecule has 0 saturated carbocycles. The van der Waals surface area contributed by atoms with E-state index in [1.807, 2.05) is 156 Å². The maximum atomic E-state index is 14.3. The number of hydrogen-bond donors (Lipinski definition) is 6. The summed E-state index contributed by atoms with van der Waals surface area (Å²) in [6, 6.07) is 33.1. The molecule has 0 fully saturated rings. The van der Waals surface area contributed by atoms with Gasteiger partial charge in [-0.1, -0.05) is 156 Å². The molecule has 0 heterocycles. The average Bonchev–Trinajstić information content (AvgIpc) is 3.18. The van der Waals surface area contributed by atoms with Crippen molar-refractivity contribution < 1.29 is 29.0 Å². The summed E-state index contributed by atoms with van der Waals surface area (Å²) in [7, 11) is 0. The molecule has 0 aliphatic carbocycles. The first-order chi connectivity index (χ1) is 26.3. The quantitative estimate of drug-likeness (QED) is 0.0833. The molecule has 0 bridgehead atoms. The number of aliphatic hydroxyl groups is 1. The predicted molar refractivity (Wildman–Crippen MR) is 213 cm³/mol. The molecule has 0 aromatic heterocycles. The van der Waals surface area contributed by atoms with Gasteiger partial charge >= 0.3 is 6.09 Å². The van der Waals surface area contributed by atoms with E-state index in [2.05, 4.69) is 26.6 Å². The number of carbonyl (C=O) groups is 4. The minimum atomic E-state index is -1.49. The van der Waals surface area contributed by atoms with Gasteiger partial charge < -0.3 is 31.1 Å². The first kappa shape index (κ1) is 42.2. The summed E-state index contributed by atoms with van der Waals surface area (Å²) in [6.07, 6.45) is -2.10. The summed E-state index contributed by atoms with van der Waals surface area (Å²) in [6.45, 7) is 9.61. The van der Waals surface area contributed by atoms with Crippen LogP contribution >= 0.6 is 0 Å². The van der Waals surface area contributed by atoms with Crippen molar-refractivity contribution in [3.63, 3.8) is 0 Å². The highest BCUT2D eigenvalue weighted by atomic mass is 16.5. The molecule has 0 saturated heterocycles. The van der Waals surface area contributed by atoms with E-state index in [0.29, 0.717) is 0 Å². The molecule has 292 valence electrons. The fraction of sp³-hybridized carbons (Fsp3) is 0.364. The van der Waals surface area contributed by atoms with Crippen LogP contribution in [-0.4, -0.2) is 59.2 Å². The molecule has 4 rings (SSSR count). The SMILES string of the molecule is CC(C)[C@H](NC(=O)[C@H](NCc1ccccc1)[C@H](O)[C@H](Cc1ccccc1)NC(=O)[C@@H](NC(=O)OCc1ccccc1)C(C)(C)C)C(=O)NCc1ccccc1. The van der Waals surface area contributed by atoms with Crippen LogP contribution in [0.1, 0.15) is 56.9 Å². The molecule has 4 aromatic rings. The Hall–Kier alpha value is -5.52. The van der Waals surface area contributed by atoms with Gasteiger partial charge in [-0.15, -0.1) is 0 Å². The third-order valence-corrected chi connectivity index (χ3v) is 9.19. The Morgan fingerprint density at radius 3 is 1.60 bits per heavy atom. The predicted octanol–water partition coefficient (Wildman–Crippen LogP) is 5.03. The summed E-state index contributed by atoms with van der Waals surface area (Å²) in [5, 5.41) is 26.9. The molecular weight excluding hydrogens is 695 g/mol. The number of ether oxygens (including phenoxy) is 1. The number of hydrogen-bond acceptors (Lipinski definition) is 7. The maximum absolute atomic E-state index is 14.3. The van der Waals surface area contributed by atoms with Gasteiger partial charge in [-0.3, -0.25) is 19.7 Å². The Morgan fingerprint density at radius 2 is 1.09 bits per heavy atom. The topological polar surface area (TPSA) is 158 Å².